The van der Waals surface area contributed by atoms with Crippen molar-refractivity contribution in [3.8, 4) is 0 Å². The van der Waals surface area contributed by atoms with Crippen LogP contribution in [0.5, 0.6) is 0 Å². The number of carbonyl (C=O) groups is 3. The minimum absolute atomic E-state index is 0.0256. The fourth-order valence-corrected chi connectivity index (χ4v) is 3.08. The molecule has 0 spiro atoms. The topological polar surface area (TPSA) is 83.5 Å². The molecule has 0 atom stereocenters. The number of hydrogen-bond donors (Lipinski definition) is 2. The summed E-state index contributed by atoms with van der Waals surface area (Å²) in [5.41, 5.74) is 1.82. The van der Waals surface area contributed by atoms with Gasteiger partial charge in [0.15, 0.2) is 5.78 Å². The predicted octanol–water partition coefficient (Wildman–Crippen LogP) is 2.97. The number of carboxylic acids is 1. The molecule has 1 aromatic carbocycles. The van der Waals surface area contributed by atoms with E-state index in [-0.39, 0.29) is 36.5 Å². The van der Waals surface area contributed by atoms with Gasteiger partial charge in [0.25, 0.3) is 0 Å². The normalized spacial score (nSPS) is 20.4. The minimum atomic E-state index is -0.750. The maximum atomic E-state index is 12.1. The highest BCUT2D eigenvalue weighted by atomic mass is 16.4. The lowest BCUT2D eigenvalue weighted by molar-refractivity contribution is -0.142. The highest BCUT2D eigenvalue weighted by Crippen LogP contribution is 2.24. The van der Waals surface area contributed by atoms with Crippen molar-refractivity contribution in [2.24, 2.45) is 5.92 Å². The molecule has 1 aliphatic carbocycles. The van der Waals surface area contributed by atoms with E-state index in [0.717, 1.165) is 6.42 Å². The quantitative estimate of drug-likeness (QED) is 0.752. The summed E-state index contributed by atoms with van der Waals surface area (Å²) in [6.45, 7) is 2.06. The molecule has 2 rings (SSSR count). The van der Waals surface area contributed by atoms with Gasteiger partial charge in [0.2, 0.25) is 5.91 Å². The number of carboxylic acid groups (broad SMARTS) is 1. The third kappa shape index (κ3) is 5.18. The van der Waals surface area contributed by atoms with Gasteiger partial charge in [-0.3, -0.25) is 14.4 Å². The second-order valence-corrected chi connectivity index (χ2v) is 6.43. The molecule has 1 fully saturated rings. The molecule has 0 aromatic heterocycles. The van der Waals surface area contributed by atoms with E-state index >= 15 is 0 Å². The number of nitrogens with one attached hydrogen (secondary N) is 1. The zero-order valence-electron chi connectivity index (χ0n) is 14.1. The maximum absolute atomic E-state index is 12.1. The molecule has 1 aromatic rings. The van der Waals surface area contributed by atoms with Crippen molar-refractivity contribution in [3.63, 3.8) is 0 Å². The Morgan fingerprint density at radius 3 is 2.21 bits per heavy atom. The van der Waals surface area contributed by atoms with Crippen LogP contribution in [0.3, 0.4) is 0 Å². The number of aryl methyl sites for hydroxylation is 1. The Bertz CT molecular complexity index is 586. The monoisotopic (exact) mass is 331 g/mol. The smallest absolute Gasteiger partial charge is 0.306 e. The second-order valence-electron chi connectivity index (χ2n) is 6.43. The van der Waals surface area contributed by atoms with Crippen molar-refractivity contribution in [3.05, 3.63) is 35.4 Å². The summed E-state index contributed by atoms with van der Waals surface area (Å²) in [4.78, 5) is 35.0. The molecule has 0 aliphatic heterocycles. The minimum Gasteiger partial charge on any atom is -0.481 e. The average molecular weight is 331 g/mol. The Labute approximate surface area is 142 Å². The van der Waals surface area contributed by atoms with Crippen LogP contribution < -0.4 is 5.32 Å². The number of carbonyl (C=O) groups excluding carboxylic acids is 2. The molecule has 0 bridgehead atoms. The van der Waals surface area contributed by atoms with Gasteiger partial charge in [-0.15, -0.1) is 0 Å². The van der Waals surface area contributed by atoms with Crippen LogP contribution in [0, 0.1) is 5.92 Å². The number of amides is 1. The number of aliphatic carboxylic acids is 1. The van der Waals surface area contributed by atoms with Gasteiger partial charge in [-0.1, -0.05) is 31.2 Å². The summed E-state index contributed by atoms with van der Waals surface area (Å²) < 4.78 is 0. The molecule has 1 saturated carbocycles. The van der Waals surface area contributed by atoms with Crippen molar-refractivity contribution in [1.82, 2.24) is 5.32 Å². The first-order valence-electron chi connectivity index (χ1n) is 8.64. The van der Waals surface area contributed by atoms with E-state index < -0.39 is 5.97 Å². The summed E-state index contributed by atoms with van der Waals surface area (Å²) >= 11 is 0. The lowest BCUT2D eigenvalue weighted by Crippen LogP contribution is -2.38. The first-order chi connectivity index (χ1) is 11.5. The number of benzene rings is 1. The fourth-order valence-electron chi connectivity index (χ4n) is 3.08. The largest absolute Gasteiger partial charge is 0.481 e. The standard InChI is InChI=1S/C19H25NO4/c1-2-13-3-5-14(6-4-13)17(21)11-12-18(22)20-16-9-7-15(8-10-16)19(23)24/h3-6,15-16H,2,7-12H2,1H3,(H,20,22)(H,23,24). The van der Waals surface area contributed by atoms with Gasteiger partial charge in [0, 0.05) is 24.4 Å². The van der Waals surface area contributed by atoms with Gasteiger partial charge >= 0.3 is 5.97 Å². The van der Waals surface area contributed by atoms with Gasteiger partial charge in [0.05, 0.1) is 5.92 Å². The fraction of sp³-hybridized carbons (Fsp3) is 0.526. The molecule has 0 heterocycles. The molecule has 5 heteroatoms. The lowest BCUT2D eigenvalue weighted by atomic mass is 9.86. The van der Waals surface area contributed by atoms with Crippen LogP contribution in [-0.4, -0.2) is 28.8 Å². The summed E-state index contributed by atoms with van der Waals surface area (Å²) in [7, 11) is 0. The molecule has 5 nitrogen and oxygen atoms in total. The number of Topliss-reactive ketones (excluding diaryl/α,β-unsaturated/α-hetero) is 1. The van der Waals surface area contributed by atoms with Gasteiger partial charge in [-0.05, 0) is 37.7 Å². The SMILES string of the molecule is CCc1ccc(C(=O)CCC(=O)NC2CCC(C(=O)O)CC2)cc1. The Kier molecular flexibility index (Phi) is 6.53. The van der Waals surface area contributed by atoms with Crippen molar-refractivity contribution >= 4 is 17.7 Å². The molecule has 2 N–H and O–H groups in total. The van der Waals surface area contributed by atoms with Crippen LogP contribution in [-0.2, 0) is 16.0 Å². The summed E-state index contributed by atoms with van der Waals surface area (Å²) in [6.07, 6.45) is 3.88. The van der Waals surface area contributed by atoms with E-state index in [0.29, 0.717) is 31.2 Å². The number of ketones is 1. The van der Waals surface area contributed by atoms with E-state index in [1.807, 2.05) is 24.3 Å². The van der Waals surface area contributed by atoms with E-state index in [4.69, 9.17) is 5.11 Å². The van der Waals surface area contributed by atoms with Crippen molar-refractivity contribution in [2.75, 3.05) is 0 Å². The molecule has 0 radical (unpaired) electrons. The predicted molar refractivity (Wildman–Crippen MR) is 90.9 cm³/mol. The molecule has 1 amide bonds. The van der Waals surface area contributed by atoms with Gasteiger partial charge in [-0.2, -0.15) is 0 Å². The molecule has 0 saturated heterocycles. The van der Waals surface area contributed by atoms with E-state index in [1.165, 1.54) is 5.56 Å². The zero-order chi connectivity index (χ0) is 17.5. The van der Waals surface area contributed by atoms with Gasteiger partial charge < -0.3 is 10.4 Å². The Hall–Kier alpha value is -2.17. The Morgan fingerprint density at radius 1 is 1.04 bits per heavy atom. The van der Waals surface area contributed by atoms with Crippen LogP contribution >= 0.6 is 0 Å². The maximum Gasteiger partial charge on any atom is 0.306 e. The second kappa shape index (κ2) is 8.62. The summed E-state index contributed by atoms with van der Waals surface area (Å²) in [5, 5.41) is 11.9. The number of hydrogen-bond acceptors (Lipinski definition) is 3. The van der Waals surface area contributed by atoms with Crippen LogP contribution in [0.1, 0.15) is 61.4 Å². The Morgan fingerprint density at radius 2 is 1.67 bits per heavy atom. The third-order valence-corrected chi connectivity index (χ3v) is 4.70. The first-order valence-corrected chi connectivity index (χ1v) is 8.64. The molecule has 0 unspecified atom stereocenters. The molecule has 24 heavy (non-hydrogen) atoms. The van der Waals surface area contributed by atoms with E-state index in [2.05, 4.69) is 12.2 Å². The van der Waals surface area contributed by atoms with E-state index in [1.54, 1.807) is 0 Å². The van der Waals surface area contributed by atoms with Crippen molar-refractivity contribution in [2.45, 2.75) is 57.9 Å². The van der Waals surface area contributed by atoms with Gasteiger partial charge in [-0.25, -0.2) is 0 Å². The summed E-state index contributed by atoms with van der Waals surface area (Å²) in [6, 6.07) is 7.54. The van der Waals surface area contributed by atoms with E-state index in [9.17, 15) is 14.4 Å². The van der Waals surface area contributed by atoms with Gasteiger partial charge in [0.1, 0.15) is 0 Å². The third-order valence-electron chi connectivity index (χ3n) is 4.70. The first kappa shape index (κ1) is 18.2. The highest BCUT2D eigenvalue weighted by molar-refractivity contribution is 5.98. The molecular formula is C19H25NO4. The van der Waals surface area contributed by atoms with Crippen LogP contribution in [0.2, 0.25) is 0 Å². The van der Waals surface area contributed by atoms with Crippen molar-refractivity contribution < 1.29 is 19.5 Å². The van der Waals surface area contributed by atoms with Crippen molar-refractivity contribution in [1.29, 1.82) is 0 Å². The van der Waals surface area contributed by atoms with Crippen LogP contribution in [0.25, 0.3) is 0 Å². The summed E-state index contributed by atoms with van der Waals surface area (Å²) in [5.74, 6) is -1.19. The highest BCUT2D eigenvalue weighted by Gasteiger charge is 2.26. The van der Waals surface area contributed by atoms with Crippen LogP contribution in [0.4, 0.5) is 0 Å². The molecule has 1 aliphatic rings. The molecule has 130 valence electrons. The number of rotatable bonds is 7. The van der Waals surface area contributed by atoms with Crippen LogP contribution in [0.15, 0.2) is 24.3 Å². The average Bonchev–Trinajstić information content (AvgIpc) is 2.60. The molecular weight excluding hydrogens is 306 g/mol. The Balaban J connectivity index is 1.72. The zero-order valence-corrected chi connectivity index (χ0v) is 14.1. The lowest BCUT2D eigenvalue weighted by Gasteiger charge is -2.26.